The number of rotatable bonds is 3. The number of anilines is 1. The van der Waals surface area contributed by atoms with Crippen LogP contribution in [0.25, 0.3) is 0 Å². The van der Waals surface area contributed by atoms with Gasteiger partial charge in [-0.3, -0.25) is 0 Å². The van der Waals surface area contributed by atoms with Crippen molar-refractivity contribution < 1.29 is 4.79 Å². The number of piperidine rings is 1. The molecule has 0 saturated carbocycles. The van der Waals surface area contributed by atoms with Gasteiger partial charge in [-0.2, -0.15) is 5.26 Å². The molecule has 0 spiro atoms. The summed E-state index contributed by atoms with van der Waals surface area (Å²) in [4.78, 5) is 14.2. The average Bonchev–Trinajstić information content (AvgIpc) is 2.54. The fourth-order valence-electron chi connectivity index (χ4n) is 2.82. The summed E-state index contributed by atoms with van der Waals surface area (Å²) < 4.78 is 0. The van der Waals surface area contributed by atoms with E-state index in [1.165, 1.54) is 0 Å². The second-order valence-corrected chi connectivity index (χ2v) is 5.50. The van der Waals surface area contributed by atoms with Crippen LogP contribution in [0.4, 0.5) is 10.5 Å². The van der Waals surface area contributed by atoms with Gasteiger partial charge < -0.3 is 16.0 Å². The predicted octanol–water partition coefficient (Wildman–Crippen LogP) is 2.54. The molecule has 21 heavy (non-hydrogen) atoms. The van der Waals surface area contributed by atoms with Gasteiger partial charge in [0.2, 0.25) is 0 Å². The molecule has 112 valence electrons. The van der Waals surface area contributed by atoms with Gasteiger partial charge >= 0.3 is 6.03 Å². The Morgan fingerprint density at radius 3 is 2.76 bits per heavy atom. The van der Waals surface area contributed by atoms with Crippen molar-refractivity contribution in [3.63, 3.8) is 0 Å². The van der Waals surface area contributed by atoms with E-state index in [0.717, 1.165) is 25.8 Å². The van der Waals surface area contributed by atoms with Crippen molar-refractivity contribution in [2.45, 2.75) is 32.2 Å². The van der Waals surface area contributed by atoms with Gasteiger partial charge in [0.05, 0.1) is 11.6 Å². The third-order valence-corrected chi connectivity index (χ3v) is 4.20. The van der Waals surface area contributed by atoms with Gasteiger partial charge in [0.25, 0.3) is 0 Å². The van der Waals surface area contributed by atoms with E-state index in [1.807, 2.05) is 4.90 Å². The van der Waals surface area contributed by atoms with Gasteiger partial charge in [-0.1, -0.05) is 13.3 Å². The fraction of sp³-hybridized carbons (Fsp3) is 0.500. The molecular formula is C16H22N4O. The van der Waals surface area contributed by atoms with Crippen LogP contribution in [0, 0.1) is 17.2 Å². The van der Waals surface area contributed by atoms with Crippen molar-refractivity contribution >= 4 is 11.7 Å². The molecule has 1 saturated heterocycles. The topological polar surface area (TPSA) is 82.2 Å². The maximum absolute atomic E-state index is 12.4. The molecule has 1 aliphatic heterocycles. The Kier molecular flexibility index (Phi) is 5.18. The van der Waals surface area contributed by atoms with Crippen LogP contribution < -0.4 is 11.1 Å². The van der Waals surface area contributed by atoms with Gasteiger partial charge in [-0.25, -0.2) is 4.79 Å². The van der Waals surface area contributed by atoms with E-state index in [2.05, 4.69) is 18.3 Å². The monoisotopic (exact) mass is 286 g/mol. The maximum atomic E-state index is 12.4. The Balaban J connectivity index is 2.00. The number of nitrogens with zero attached hydrogens (tertiary/aromatic N) is 2. The first-order chi connectivity index (χ1) is 10.2. The molecule has 1 fully saturated rings. The summed E-state index contributed by atoms with van der Waals surface area (Å²) in [5.41, 5.74) is 7.10. The highest BCUT2D eigenvalue weighted by Gasteiger charge is 2.29. The number of amides is 2. The predicted molar refractivity (Wildman–Crippen MR) is 82.7 cm³/mol. The van der Waals surface area contributed by atoms with E-state index in [9.17, 15) is 4.79 Å². The van der Waals surface area contributed by atoms with Gasteiger partial charge in [-0.15, -0.1) is 0 Å². The average molecular weight is 286 g/mol. The van der Waals surface area contributed by atoms with Crippen LogP contribution in [0.2, 0.25) is 0 Å². The molecule has 2 atom stereocenters. The van der Waals surface area contributed by atoms with Gasteiger partial charge in [0.1, 0.15) is 0 Å². The van der Waals surface area contributed by atoms with E-state index in [4.69, 9.17) is 11.0 Å². The first kappa shape index (κ1) is 15.3. The van der Waals surface area contributed by atoms with Crippen molar-refractivity contribution in [1.29, 1.82) is 5.26 Å². The number of carbonyl (C=O) groups excluding carboxylic acids is 1. The zero-order chi connectivity index (χ0) is 15.2. The molecular weight excluding hydrogens is 264 g/mol. The number of urea groups is 1. The molecule has 1 aliphatic rings. The highest BCUT2D eigenvalue weighted by atomic mass is 16.2. The van der Waals surface area contributed by atoms with Gasteiger partial charge in [-0.05, 0) is 43.0 Å². The van der Waals surface area contributed by atoms with Crippen LogP contribution >= 0.6 is 0 Å². The van der Waals surface area contributed by atoms with E-state index in [1.54, 1.807) is 24.3 Å². The number of benzene rings is 1. The highest BCUT2D eigenvalue weighted by Crippen LogP contribution is 2.25. The minimum absolute atomic E-state index is 0.107. The molecule has 2 unspecified atom stereocenters. The molecule has 5 nitrogen and oxygen atoms in total. The molecule has 2 rings (SSSR count). The quantitative estimate of drug-likeness (QED) is 0.895. The minimum Gasteiger partial charge on any atom is -0.328 e. The highest BCUT2D eigenvalue weighted by molar-refractivity contribution is 5.89. The lowest BCUT2D eigenvalue weighted by Crippen LogP contribution is -2.51. The van der Waals surface area contributed by atoms with E-state index in [0.29, 0.717) is 23.7 Å². The lowest BCUT2D eigenvalue weighted by atomic mass is 9.89. The van der Waals surface area contributed by atoms with Crippen LogP contribution in [0.1, 0.15) is 31.7 Å². The zero-order valence-electron chi connectivity index (χ0n) is 12.4. The number of hydrogen-bond donors (Lipinski definition) is 2. The molecule has 5 heteroatoms. The van der Waals surface area contributed by atoms with E-state index in [-0.39, 0.29) is 12.1 Å². The molecule has 0 aromatic heterocycles. The van der Waals surface area contributed by atoms with Crippen molar-refractivity contribution in [2.24, 2.45) is 11.7 Å². The number of nitrogens with one attached hydrogen (secondary N) is 1. The zero-order valence-corrected chi connectivity index (χ0v) is 12.4. The molecule has 3 N–H and O–H groups in total. The normalized spacial score (nSPS) is 21.7. The second-order valence-electron chi connectivity index (χ2n) is 5.50. The van der Waals surface area contributed by atoms with Crippen molar-refractivity contribution in [2.75, 3.05) is 18.4 Å². The Hall–Kier alpha value is -2.06. The molecule has 0 aliphatic carbocycles. The summed E-state index contributed by atoms with van der Waals surface area (Å²) in [5, 5.41) is 11.7. The molecule has 1 aromatic rings. The summed E-state index contributed by atoms with van der Waals surface area (Å²) >= 11 is 0. The Morgan fingerprint density at radius 1 is 1.48 bits per heavy atom. The number of likely N-dealkylation sites (tertiary alicyclic amines) is 1. The number of nitrogens with two attached hydrogens (primary N) is 1. The maximum Gasteiger partial charge on any atom is 0.322 e. The number of carbonyl (C=O) groups is 1. The standard InChI is InChI=1S/C16H22N4O/c1-2-12-7-8-20(15(9-12)11-18)16(21)19-14-5-3-13(10-17)4-6-14/h3-6,12,15H,2,7-9,11,18H2,1H3,(H,19,21). The summed E-state index contributed by atoms with van der Waals surface area (Å²) in [6.45, 7) is 3.44. The Labute approximate surface area is 125 Å². The molecule has 0 bridgehead atoms. The molecule has 2 amide bonds. The van der Waals surface area contributed by atoms with Gasteiger partial charge in [0, 0.05) is 24.8 Å². The van der Waals surface area contributed by atoms with Crippen LogP contribution in [-0.2, 0) is 0 Å². The Morgan fingerprint density at radius 2 is 2.19 bits per heavy atom. The van der Waals surface area contributed by atoms with Crippen LogP contribution in [0.15, 0.2) is 24.3 Å². The molecule has 1 heterocycles. The van der Waals surface area contributed by atoms with Crippen LogP contribution in [0.5, 0.6) is 0 Å². The SMILES string of the molecule is CCC1CCN(C(=O)Nc2ccc(C#N)cc2)C(CN)C1. The minimum atomic E-state index is -0.107. The van der Waals surface area contributed by atoms with Crippen molar-refractivity contribution in [3.8, 4) is 6.07 Å². The van der Waals surface area contributed by atoms with Crippen molar-refractivity contribution in [1.82, 2.24) is 4.90 Å². The fourth-order valence-corrected chi connectivity index (χ4v) is 2.82. The lowest BCUT2D eigenvalue weighted by Gasteiger charge is -2.38. The summed E-state index contributed by atoms with van der Waals surface area (Å²) in [5.74, 6) is 0.664. The van der Waals surface area contributed by atoms with Gasteiger partial charge in [0.15, 0.2) is 0 Å². The first-order valence-electron chi connectivity index (χ1n) is 7.45. The van der Waals surface area contributed by atoms with E-state index >= 15 is 0 Å². The van der Waals surface area contributed by atoms with Crippen molar-refractivity contribution in [3.05, 3.63) is 29.8 Å². The van der Waals surface area contributed by atoms with Crippen LogP contribution in [0.3, 0.4) is 0 Å². The smallest absolute Gasteiger partial charge is 0.322 e. The third-order valence-electron chi connectivity index (χ3n) is 4.20. The Bertz CT molecular complexity index is 520. The summed E-state index contributed by atoms with van der Waals surface area (Å²) in [7, 11) is 0. The first-order valence-corrected chi connectivity index (χ1v) is 7.45. The summed E-state index contributed by atoms with van der Waals surface area (Å²) in [6, 6.07) is 8.94. The molecule has 1 aromatic carbocycles. The van der Waals surface area contributed by atoms with Crippen LogP contribution in [-0.4, -0.2) is 30.1 Å². The lowest BCUT2D eigenvalue weighted by molar-refractivity contribution is 0.138. The summed E-state index contributed by atoms with van der Waals surface area (Å²) in [6.07, 6.45) is 3.16. The molecule has 0 radical (unpaired) electrons. The third kappa shape index (κ3) is 3.73. The second kappa shape index (κ2) is 7.09. The number of hydrogen-bond acceptors (Lipinski definition) is 3. The van der Waals surface area contributed by atoms with E-state index < -0.39 is 0 Å². The number of nitriles is 1. The largest absolute Gasteiger partial charge is 0.328 e.